The number of carbonyl (C=O) groups is 1. The predicted octanol–water partition coefficient (Wildman–Crippen LogP) is 3.59. The van der Waals surface area contributed by atoms with Gasteiger partial charge in [-0.1, -0.05) is 13.0 Å². The lowest BCUT2D eigenvalue weighted by atomic mass is 10.2. The van der Waals surface area contributed by atoms with Crippen molar-refractivity contribution < 1.29 is 9.53 Å². The first-order valence-electron chi connectivity index (χ1n) is 8.40. The lowest BCUT2D eigenvalue weighted by Gasteiger charge is -2.36. The van der Waals surface area contributed by atoms with Crippen molar-refractivity contribution in [2.24, 2.45) is 0 Å². The van der Waals surface area contributed by atoms with Gasteiger partial charge in [0.15, 0.2) is 0 Å². The molecule has 0 bridgehead atoms. The number of benzene rings is 1. The summed E-state index contributed by atoms with van der Waals surface area (Å²) in [6, 6.07) is 10.2. The molecular formula is C19H24N2O2S. The number of methoxy groups -OCH3 is 1. The number of amides is 1. The van der Waals surface area contributed by atoms with E-state index in [0.29, 0.717) is 0 Å². The highest BCUT2D eigenvalue weighted by atomic mass is 32.1. The monoisotopic (exact) mass is 344 g/mol. The van der Waals surface area contributed by atoms with E-state index in [2.05, 4.69) is 30.9 Å². The number of nitrogens with zero attached hydrogens (tertiary/aromatic N) is 2. The van der Waals surface area contributed by atoms with E-state index in [1.54, 1.807) is 18.4 Å². The molecule has 128 valence electrons. The molecule has 1 aliphatic heterocycles. The molecule has 0 radical (unpaired) electrons. The number of rotatable bonds is 4. The first-order chi connectivity index (χ1) is 11.6. The second-order valence-corrected chi connectivity index (χ2v) is 7.28. The van der Waals surface area contributed by atoms with Crippen LogP contribution >= 0.6 is 11.3 Å². The Morgan fingerprint density at radius 3 is 2.58 bits per heavy atom. The van der Waals surface area contributed by atoms with E-state index in [1.807, 2.05) is 23.1 Å². The zero-order valence-corrected chi connectivity index (χ0v) is 15.4. The Bertz CT molecular complexity index is 718. The third-order valence-electron chi connectivity index (χ3n) is 4.60. The summed E-state index contributed by atoms with van der Waals surface area (Å²) in [6.45, 7) is 7.45. The molecule has 1 aromatic heterocycles. The second kappa shape index (κ2) is 7.26. The minimum absolute atomic E-state index is 0.174. The molecule has 1 amide bonds. The number of thiophene rings is 1. The Hall–Kier alpha value is -2.01. The molecule has 1 aromatic carbocycles. The van der Waals surface area contributed by atoms with Gasteiger partial charge in [0, 0.05) is 42.8 Å². The number of hydrogen-bond acceptors (Lipinski definition) is 4. The van der Waals surface area contributed by atoms with E-state index in [1.165, 1.54) is 10.4 Å². The Balaban J connectivity index is 1.64. The minimum Gasteiger partial charge on any atom is -0.497 e. The molecule has 24 heavy (non-hydrogen) atoms. The molecule has 5 heteroatoms. The summed E-state index contributed by atoms with van der Waals surface area (Å²) < 4.78 is 5.30. The lowest BCUT2D eigenvalue weighted by molar-refractivity contribution is 0.0751. The van der Waals surface area contributed by atoms with Crippen LogP contribution in [0.5, 0.6) is 5.75 Å². The Morgan fingerprint density at radius 2 is 1.96 bits per heavy atom. The summed E-state index contributed by atoms with van der Waals surface area (Å²) in [5.41, 5.74) is 2.44. The largest absolute Gasteiger partial charge is 0.497 e. The molecular weight excluding hydrogens is 320 g/mol. The van der Waals surface area contributed by atoms with E-state index >= 15 is 0 Å². The van der Waals surface area contributed by atoms with Crippen molar-refractivity contribution in [1.82, 2.24) is 4.90 Å². The molecule has 0 aliphatic carbocycles. The van der Waals surface area contributed by atoms with Crippen LogP contribution < -0.4 is 9.64 Å². The van der Waals surface area contributed by atoms with Gasteiger partial charge < -0.3 is 14.5 Å². The maximum atomic E-state index is 12.7. The molecule has 2 heterocycles. The SMILES string of the molecule is CCc1cc(C(=O)N2CCN(c3cccc(OC)c3)CC2)sc1C. The highest BCUT2D eigenvalue weighted by Gasteiger charge is 2.24. The van der Waals surface area contributed by atoms with Gasteiger partial charge in [-0.3, -0.25) is 4.79 Å². The van der Waals surface area contributed by atoms with Gasteiger partial charge in [-0.15, -0.1) is 11.3 Å². The fourth-order valence-corrected chi connectivity index (χ4v) is 4.19. The summed E-state index contributed by atoms with van der Waals surface area (Å²) in [6.07, 6.45) is 0.985. The normalized spacial score (nSPS) is 14.8. The summed E-state index contributed by atoms with van der Waals surface area (Å²) >= 11 is 1.62. The van der Waals surface area contributed by atoms with Gasteiger partial charge in [-0.25, -0.2) is 0 Å². The Morgan fingerprint density at radius 1 is 1.21 bits per heavy atom. The van der Waals surface area contributed by atoms with Gasteiger partial charge in [0.2, 0.25) is 0 Å². The van der Waals surface area contributed by atoms with Crippen molar-refractivity contribution in [1.29, 1.82) is 0 Å². The van der Waals surface area contributed by atoms with E-state index in [4.69, 9.17) is 4.74 Å². The average molecular weight is 344 g/mol. The molecule has 1 fully saturated rings. The number of aryl methyl sites for hydroxylation is 2. The smallest absolute Gasteiger partial charge is 0.264 e. The van der Waals surface area contributed by atoms with E-state index in [9.17, 15) is 4.79 Å². The predicted molar refractivity (Wildman–Crippen MR) is 99.5 cm³/mol. The Kier molecular flexibility index (Phi) is 5.09. The Labute approximate surface area is 147 Å². The molecule has 1 aliphatic rings. The molecule has 0 atom stereocenters. The number of carbonyl (C=O) groups excluding carboxylic acids is 1. The molecule has 0 spiro atoms. The zero-order valence-electron chi connectivity index (χ0n) is 14.5. The van der Waals surface area contributed by atoms with Crippen LogP contribution in [0.3, 0.4) is 0 Å². The topological polar surface area (TPSA) is 32.8 Å². The zero-order chi connectivity index (χ0) is 17.1. The molecule has 0 saturated carbocycles. The van der Waals surface area contributed by atoms with Crippen molar-refractivity contribution >= 4 is 22.9 Å². The lowest BCUT2D eigenvalue weighted by Crippen LogP contribution is -2.48. The average Bonchev–Trinajstić information content (AvgIpc) is 3.02. The quantitative estimate of drug-likeness (QED) is 0.850. The van der Waals surface area contributed by atoms with Crippen LogP contribution in [0.15, 0.2) is 30.3 Å². The maximum absolute atomic E-state index is 12.7. The van der Waals surface area contributed by atoms with Crippen LogP contribution in [0.1, 0.15) is 27.0 Å². The highest BCUT2D eigenvalue weighted by molar-refractivity contribution is 7.14. The van der Waals surface area contributed by atoms with Crippen LogP contribution in [0.4, 0.5) is 5.69 Å². The standard InChI is InChI=1S/C19H24N2O2S/c1-4-15-12-18(24-14(15)2)19(22)21-10-8-20(9-11-21)16-6-5-7-17(13-16)23-3/h5-7,12-13H,4,8-11H2,1-3H3. The fraction of sp³-hybridized carbons (Fsp3) is 0.421. The fourth-order valence-electron chi connectivity index (χ4n) is 3.11. The third kappa shape index (κ3) is 3.41. The first kappa shape index (κ1) is 16.8. The number of piperazine rings is 1. The van der Waals surface area contributed by atoms with Crippen molar-refractivity contribution in [2.75, 3.05) is 38.2 Å². The molecule has 4 nitrogen and oxygen atoms in total. The third-order valence-corrected chi connectivity index (χ3v) is 5.68. The van der Waals surface area contributed by atoms with Gasteiger partial charge in [0.25, 0.3) is 5.91 Å². The van der Waals surface area contributed by atoms with Crippen molar-refractivity contribution in [3.05, 3.63) is 45.6 Å². The second-order valence-electron chi connectivity index (χ2n) is 6.03. The minimum atomic E-state index is 0.174. The summed E-state index contributed by atoms with van der Waals surface area (Å²) in [5, 5.41) is 0. The van der Waals surface area contributed by atoms with Gasteiger partial charge in [0.1, 0.15) is 5.75 Å². The molecule has 0 N–H and O–H groups in total. The van der Waals surface area contributed by atoms with Gasteiger partial charge in [0.05, 0.1) is 12.0 Å². The summed E-state index contributed by atoms with van der Waals surface area (Å²) in [7, 11) is 1.68. The van der Waals surface area contributed by atoms with E-state index < -0.39 is 0 Å². The van der Waals surface area contributed by atoms with Crippen LogP contribution in [0.2, 0.25) is 0 Å². The number of hydrogen-bond donors (Lipinski definition) is 0. The van der Waals surface area contributed by atoms with Crippen LogP contribution in [-0.2, 0) is 6.42 Å². The number of ether oxygens (including phenoxy) is 1. The van der Waals surface area contributed by atoms with Crippen LogP contribution in [-0.4, -0.2) is 44.1 Å². The molecule has 0 unspecified atom stereocenters. The van der Waals surface area contributed by atoms with Crippen molar-refractivity contribution in [3.8, 4) is 5.75 Å². The summed E-state index contributed by atoms with van der Waals surface area (Å²) in [4.78, 5) is 19.1. The van der Waals surface area contributed by atoms with Gasteiger partial charge in [-0.05, 0) is 37.1 Å². The van der Waals surface area contributed by atoms with Gasteiger partial charge >= 0.3 is 0 Å². The number of anilines is 1. The van der Waals surface area contributed by atoms with E-state index in [-0.39, 0.29) is 5.91 Å². The van der Waals surface area contributed by atoms with Crippen molar-refractivity contribution in [2.45, 2.75) is 20.3 Å². The first-order valence-corrected chi connectivity index (χ1v) is 9.21. The van der Waals surface area contributed by atoms with Crippen LogP contribution in [0, 0.1) is 6.92 Å². The van der Waals surface area contributed by atoms with Crippen LogP contribution in [0.25, 0.3) is 0 Å². The highest BCUT2D eigenvalue weighted by Crippen LogP contribution is 2.25. The van der Waals surface area contributed by atoms with E-state index in [0.717, 1.165) is 48.9 Å². The summed E-state index contributed by atoms with van der Waals surface area (Å²) in [5.74, 6) is 1.04. The molecule has 3 rings (SSSR count). The van der Waals surface area contributed by atoms with Gasteiger partial charge in [-0.2, -0.15) is 0 Å². The maximum Gasteiger partial charge on any atom is 0.264 e. The molecule has 2 aromatic rings. The molecule has 1 saturated heterocycles. The van der Waals surface area contributed by atoms with Crippen molar-refractivity contribution in [3.63, 3.8) is 0 Å².